The number of hydrogen-bond donors (Lipinski definition) is 2. The van der Waals surface area contributed by atoms with E-state index in [2.05, 4.69) is 20.8 Å². The molecule has 2 aromatic carbocycles. The lowest BCUT2D eigenvalue weighted by atomic mass is 10.2. The fourth-order valence-corrected chi connectivity index (χ4v) is 3.34. The Morgan fingerprint density at radius 2 is 1.79 bits per heavy atom. The Morgan fingerprint density at radius 3 is 2.48 bits per heavy atom. The average Bonchev–Trinajstić information content (AvgIpc) is 3.09. The number of nitrogens with zero attached hydrogens (tertiary/aromatic N) is 3. The van der Waals surface area contributed by atoms with E-state index in [4.69, 9.17) is 0 Å². The van der Waals surface area contributed by atoms with Gasteiger partial charge in [-0.05, 0) is 43.3 Å². The summed E-state index contributed by atoms with van der Waals surface area (Å²) in [7, 11) is 1.78. The van der Waals surface area contributed by atoms with E-state index in [0.29, 0.717) is 22.2 Å². The Morgan fingerprint density at radius 1 is 1.10 bits per heavy atom. The van der Waals surface area contributed by atoms with Crippen LogP contribution in [0.2, 0.25) is 0 Å². The van der Waals surface area contributed by atoms with Crippen LogP contribution < -0.4 is 10.6 Å². The number of amides is 2. The van der Waals surface area contributed by atoms with Gasteiger partial charge >= 0.3 is 0 Å². The lowest BCUT2D eigenvalue weighted by molar-refractivity contribution is -0.113. The zero-order valence-electron chi connectivity index (χ0n) is 15.9. The van der Waals surface area contributed by atoms with Crippen molar-refractivity contribution >= 4 is 29.3 Å². The first-order chi connectivity index (χ1) is 13.9. The molecule has 0 unspecified atom stereocenters. The normalized spacial score (nSPS) is 11.7. The number of anilines is 1. The van der Waals surface area contributed by atoms with Crippen LogP contribution in [0.5, 0.6) is 0 Å². The van der Waals surface area contributed by atoms with Gasteiger partial charge in [-0.2, -0.15) is 0 Å². The predicted molar refractivity (Wildman–Crippen MR) is 109 cm³/mol. The smallest absolute Gasteiger partial charge is 0.251 e. The molecule has 1 atom stereocenters. The number of rotatable bonds is 7. The van der Waals surface area contributed by atoms with Crippen molar-refractivity contribution in [3.63, 3.8) is 0 Å². The quantitative estimate of drug-likeness (QED) is 0.581. The minimum absolute atomic E-state index is 0.119. The predicted octanol–water partition coefficient (Wildman–Crippen LogP) is 3.18. The monoisotopic (exact) mass is 413 g/mol. The molecule has 0 aliphatic carbocycles. The molecule has 150 valence electrons. The van der Waals surface area contributed by atoms with E-state index in [-0.39, 0.29) is 29.4 Å². The van der Waals surface area contributed by atoms with Gasteiger partial charge in [0.2, 0.25) is 5.91 Å². The van der Waals surface area contributed by atoms with Crippen LogP contribution in [-0.2, 0) is 11.8 Å². The molecule has 0 aliphatic heterocycles. The molecule has 0 saturated carbocycles. The molecule has 7 nitrogen and oxygen atoms in total. The van der Waals surface area contributed by atoms with Gasteiger partial charge in [0.25, 0.3) is 5.91 Å². The maximum Gasteiger partial charge on any atom is 0.251 e. The zero-order chi connectivity index (χ0) is 20.8. The van der Waals surface area contributed by atoms with E-state index < -0.39 is 0 Å². The largest absolute Gasteiger partial charge is 0.342 e. The number of nitrogens with one attached hydrogen (secondary N) is 2. The molecule has 1 heterocycles. The fraction of sp³-hybridized carbons (Fsp3) is 0.200. The molecule has 1 aromatic heterocycles. The summed E-state index contributed by atoms with van der Waals surface area (Å²) in [5.74, 6) is -0.104. The van der Waals surface area contributed by atoms with Gasteiger partial charge in [-0.3, -0.25) is 9.59 Å². The van der Waals surface area contributed by atoms with Gasteiger partial charge in [-0.15, -0.1) is 10.2 Å². The van der Waals surface area contributed by atoms with Gasteiger partial charge in [0.1, 0.15) is 5.82 Å². The lowest BCUT2D eigenvalue weighted by Crippen LogP contribution is -2.28. The minimum Gasteiger partial charge on any atom is -0.342 e. The fourth-order valence-electron chi connectivity index (χ4n) is 2.62. The maximum absolute atomic E-state index is 12.9. The van der Waals surface area contributed by atoms with Crippen molar-refractivity contribution in [3.05, 3.63) is 71.8 Å². The molecule has 9 heteroatoms. The van der Waals surface area contributed by atoms with Gasteiger partial charge in [-0.1, -0.05) is 30.0 Å². The van der Waals surface area contributed by atoms with Crippen molar-refractivity contribution in [2.24, 2.45) is 7.05 Å². The molecule has 0 spiro atoms. The van der Waals surface area contributed by atoms with Crippen molar-refractivity contribution in [2.75, 3.05) is 11.1 Å². The van der Waals surface area contributed by atoms with Crippen LogP contribution in [0, 0.1) is 5.82 Å². The van der Waals surface area contributed by atoms with Crippen LogP contribution in [0.15, 0.2) is 59.8 Å². The highest BCUT2D eigenvalue weighted by Crippen LogP contribution is 2.20. The topological polar surface area (TPSA) is 88.9 Å². The summed E-state index contributed by atoms with van der Waals surface area (Å²) in [6.45, 7) is 1.82. The van der Waals surface area contributed by atoms with Gasteiger partial charge in [0.15, 0.2) is 11.0 Å². The Hall–Kier alpha value is -3.20. The summed E-state index contributed by atoms with van der Waals surface area (Å²) in [4.78, 5) is 24.4. The number of carbonyl (C=O) groups excluding carboxylic acids is 2. The van der Waals surface area contributed by atoms with Crippen LogP contribution in [0.3, 0.4) is 0 Å². The number of carbonyl (C=O) groups is 2. The molecule has 0 radical (unpaired) electrons. The van der Waals surface area contributed by atoms with E-state index in [0.717, 1.165) is 0 Å². The Labute approximate surface area is 171 Å². The molecule has 2 amide bonds. The maximum atomic E-state index is 12.9. The van der Waals surface area contributed by atoms with E-state index in [9.17, 15) is 14.0 Å². The number of aromatic nitrogens is 3. The summed E-state index contributed by atoms with van der Waals surface area (Å²) in [5, 5.41) is 14.4. The number of thioether (sulfide) groups is 1. The average molecular weight is 413 g/mol. The highest BCUT2D eigenvalue weighted by molar-refractivity contribution is 7.99. The van der Waals surface area contributed by atoms with Crippen molar-refractivity contribution in [3.8, 4) is 0 Å². The van der Waals surface area contributed by atoms with E-state index in [1.165, 1.54) is 36.0 Å². The number of halogens is 1. The second-order valence-corrected chi connectivity index (χ2v) is 7.25. The van der Waals surface area contributed by atoms with E-state index in [1.54, 1.807) is 35.9 Å². The zero-order valence-corrected chi connectivity index (χ0v) is 16.7. The molecular weight excluding hydrogens is 393 g/mol. The third-order valence-electron chi connectivity index (χ3n) is 4.10. The first-order valence-electron chi connectivity index (χ1n) is 8.87. The van der Waals surface area contributed by atoms with Crippen LogP contribution in [0.4, 0.5) is 10.1 Å². The van der Waals surface area contributed by atoms with Gasteiger partial charge in [0, 0.05) is 18.3 Å². The van der Waals surface area contributed by atoms with Crippen molar-refractivity contribution < 1.29 is 14.0 Å². The Balaban J connectivity index is 1.56. The first kappa shape index (κ1) is 20.5. The summed E-state index contributed by atoms with van der Waals surface area (Å²) >= 11 is 1.22. The third-order valence-corrected chi connectivity index (χ3v) is 5.12. The van der Waals surface area contributed by atoms with Crippen molar-refractivity contribution in [1.29, 1.82) is 0 Å². The van der Waals surface area contributed by atoms with Gasteiger partial charge < -0.3 is 15.2 Å². The number of hydrogen-bond acceptors (Lipinski definition) is 5. The SMILES string of the molecule is C[C@H](NC(=O)c1ccccc1)c1nnc(SCC(=O)Nc2ccc(F)cc2)n1C. The van der Waals surface area contributed by atoms with Crippen LogP contribution >= 0.6 is 11.8 Å². The molecular formula is C20H20FN5O2S. The van der Waals surface area contributed by atoms with Crippen molar-refractivity contribution in [1.82, 2.24) is 20.1 Å². The lowest BCUT2D eigenvalue weighted by Gasteiger charge is -2.13. The highest BCUT2D eigenvalue weighted by Gasteiger charge is 2.19. The van der Waals surface area contributed by atoms with E-state index in [1.807, 2.05) is 13.0 Å². The molecule has 29 heavy (non-hydrogen) atoms. The van der Waals surface area contributed by atoms with E-state index >= 15 is 0 Å². The van der Waals surface area contributed by atoms with Gasteiger partial charge in [-0.25, -0.2) is 4.39 Å². The molecule has 3 aromatic rings. The molecule has 0 saturated heterocycles. The molecule has 0 bridgehead atoms. The summed E-state index contributed by atoms with van der Waals surface area (Å²) in [6.07, 6.45) is 0. The second kappa shape index (κ2) is 9.33. The van der Waals surface area contributed by atoms with Crippen LogP contribution in [-0.4, -0.2) is 32.3 Å². The first-order valence-corrected chi connectivity index (χ1v) is 9.86. The molecule has 0 aliphatic rings. The third kappa shape index (κ3) is 5.41. The van der Waals surface area contributed by atoms with Crippen molar-refractivity contribution in [2.45, 2.75) is 18.1 Å². The summed E-state index contributed by atoms with van der Waals surface area (Å²) in [5.41, 5.74) is 1.08. The summed E-state index contributed by atoms with van der Waals surface area (Å²) < 4.78 is 14.7. The number of benzene rings is 2. The second-order valence-electron chi connectivity index (χ2n) is 6.30. The highest BCUT2D eigenvalue weighted by atomic mass is 32.2. The summed E-state index contributed by atoms with van der Waals surface area (Å²) in [6, 6.07) is 14.1. The van der Waals surface area contributed by atoms with Gasteiger partial charge in [0.05, 0.1) is 11.8 Å². The standard InChI is InChI=1S/C20H20FN5O2S/c1-13(22-19(28)14-6-4-3-5-7-14)18-24-25-20(26(18)2)29-12-17(27)23-16-10-8-15(21)9-11-16/h3-11,13H,12H2,1-2H3,(H,22,28)(H,23,27)/t13-/m0/s1. The molecule has 2 N–H and O–H groups in total. The molecule has 3 rings (SSSR count). The van der Waals surface area contributed by atoms with Crippen LogP contribution in [0.1, 0.15) is 29.1 Å². The van der Waals surface area contributed by atoms with Crippen LogP contribution in [0.25, 0.3) is 0 Å². The minimum atomic E-state index is -0.363. The molecule has 0 fully saturated rings. The Bertz CT molecular complexity index is 992. The Kier molecular flexibility index (Phi) is 6.61.